The smallest absolute Gasteiger partial charge is 0.478 e. The first-order chi connectivity index (χ1) is 23.3. The molecule has 18 heteroatoms. The number of aromatic nitrogens is 5. The number of aromatic carboxylic acids is 1. The van der Waals surface area contributed by atoms with Gasteiger partial charge < -0.3 is 28.8 Å². The fourth-order valence-corrected chi connectivity index (χ4v) is 5.21. The lowest BCUT2D eigenvalue weighted by molar-refractivity contribution is -0.192. The largest absolute Gasteiger partial charge is 0.490 e. The van der Waals surface area contributed by atoms with Gasteiger partial charge in [-0.05, 0) is 43.3 Å². The Hall–Kier alpha value is -5.29. The Balaban J connectivity index is 0.000000606. The summed E-state index contributed by atoms with van der Waals surface area (Å²) in [6, 6.07) is 11.5. The van der Waals surface area contributed by atoms with E-state index in [1.54, 1.807) is 42.7 Å². The van der Waals surface area contributed by atoms with Crippen LogP contribution in [0, 0.1) is 5.82 Å². The summed E-state index contributed by atoms with van der Waals surface area (Å²) in [4.78, 5) is 42.8. The Bertz CT molecular complexity index is 1940. The number of carbonyl (C=O) groups is 2. The molecule has 49 heavy (non-hydrogen) atoms. The highest BCUT2D eigenvalue weighted by Gasteiger charge is 2.38. The maximum atomic E-state index is 14.1. The van der Waals surface area contributed by atoms with Crippen molar-refractivity contribution in [2.75, 3.05) is 24.5 Å². The number of benzene rings is 2. The molecule has 1 aliphatic heterocycles. The van der Waals surface area contributed by atoms with Crippen molar-refractivity contribution in [3.8, 4) is 6.01 Å². The molecule has 0 saturated carbocycles. The minimum Gasteiger partial charge on any atom is -0.478 e. The molecule has 3 aromatic heterocycles. The molecule has 258 valence electrons. The highest BCUT2D eigenvalue weighted by molar-refractivity contribution is 6.30. The van der Waals surface area contributed by atoms with Gasteiger partial charge in [-0.1, -0.05) is 17.7 Å². The summed E-state index contributed by atoms with van der Waals surface area (Å²) in [5, 5.41) is 17.0. The number of hydrogen-bond donors (Lipinski definition) is 2. The first kappa shape index (κ1) is 35.0. The van der Waals surface area contributed by atoms with Gasteiger partial charge in [0.15, 0.2) is 0 Å². The first-order valence-electron chi connectivity index (χ1n) is 14.6. The van der Waals surface area contributed by atoms with E-state index in [9.17, 15) is 27.5 Å². The fourth-order valence-electron chi connectivity index (χ4n) is 5.05. The van der Waals surface area contributed by atoms with E-state index in [0.717, 1.165) is 18.2 Å². The Labute approximate surface area is 280 Å². The van der Waals surface area contributed by atoms with Crippen molar-refractivity contribution in [2.24, 2.45) is 0 Å². The number of nitrogens with zero attached hydrogens (tertiary/aromatic N) is 7. The van der Waals surface area contributed by atoms with Crippen LogP contribution < -0.4 is 9.64 Å². The normalized spacial score (nSPS) is 15.1. The minimum atomic E-state index is -5.08. The van der Waals surface area contributed by atoms with Crippen LogP contribution in [0.4, 0.5) is 23.4 Å². The van der Waals surface area contributed by atoms with Crippen LogP contribution in [0.3, 0.4) is 0 Å². The number of carboxylic acid groups (broad SMARTS) is 2. The van der Waals surface area contributed by atoms with E-state index in [4.69, 9.17) is 35.6 Å². The van der Waals surface area contributed by atoms with E-state index < -0.39 is 23.9 Å². The van der Waals surface area contributed by atoms with Crippen LogP contribution in [-0.2, 0) is 24.5 Å². The molecule has 0 unspecified atom stereocenters. The van der Waals surface area contributed by atoms with E-state index in [2.05, 4.69) is 31.7 Å². The number of fused-ring (bicyclic) bond motifs is 1. The van der Waals surface area contributed by atoms with Crippen LogP contribution in [0.1, 0.15) is 34.6 Å². The predicted molar refractivity (Wildman–Crippen MR) is 166 cm³/mol. The van der Waals surface area contributed by atoms with Crippen molar-refractivity contribution in [1.29, 1.82) is 0 Å². The van der Waals surface area contributed by atoms with Crippen molar-refractivity contribution >= 4 is 40.4 Å². The monoisotopic (exact) mass is 705 g/mol. The number of piperazine rings is 1. The molecule has 2 aromatic carbocycles. The lowest BCUT2D eigenvalue weighted by Gasteiger charge is -2.40. The molecule has 0 bridgehead atoms. The molecule has 1 fully saturated rings. The molecular weight excluding hydrogens is 678 g/mol. The number of imidazole rings is 1. The zero-order valence-corrected chi connectivity index (χ0v) is 26.4. The molecule has 4 heterocycles. The van der Waals surface area contributed by atoms with Crippen molar-refractivity contribution in [3.63, 3.8) is 0 Å². The van der Waals surface area contributed by atoms with Crippen molar-refractivity contribution in [2.45, 2.75) is 38.8 Å². The second-order valence-electron chi connectivity index (χ2n) is 10.8. The molecule has 1 saturated heterocycles. The minimum absolute atomic E-state index is 0.0148. The number of aliphatic carboxylic acids is 1. The Morgan fingerprint density at radius 1 is 1.04 bits per heavy atom. The van der Waals surface area contributed by atoms with Crippen LogP contribution in [0.25, 0.3) is 11.0 Å². The lowest BCUT2D eigenvalue weighted by Crippen LogP contribution is -2.52. The second-order valence-corrected chi connectivity index (χ2v) is 11.3. The zero-order valence-electron chi connectivity index (χ0n) is 25.6. The third-order valence-electron chi connectivity index (χ3n) is 7.52. The van der Waals surface area contributed by atoms with E-state index in [1.807, 2.05) is 10.6 Å². The number of anilines is 1. The summed E-state index contributed by atoms with van der Waals surface area (Å²) >= 11 is 5.83. The summed E-state index contributed by atoms with van der Waals surface area (Å²) < 4.78 is 59.0. The van der Waals surface area contributed by atoms with Crippen LogP contribution >= 0.6 is 11.6 Å². The molecule has 1 aliphatic rings. The number of carboxylic acids is 2. The van der Waals surface area contributed by atoms with E-state index >= 15 is 0 Å². The zero-order chi connectivity index (χ0) is 35.3. The SMILES string of the molecule is C[C@H]1CN(c2ccnc(OCc3ccc(Cl)cc3F)n2)CCN1Cc1nc2ccc(C(=O)O)cc2n1Cc1ncco1.O=C(O)C(F)(F)F. The van der Waals surface area contributed by atoms with Gasteiger partial charge in [-0.25, -0.2) is 28.9 Å². The second kappa shape index (κ2) is 14.9. The predicted octanol–water partition coefficient (Wildman–Crippen LogP) is 5.28. The summed E-state index contributed by atoms with van der Waals surface area (Å²) in [5.41, 5.74) is 1.97. The molecule has 0 radical (unpaired) electrons. The van der Waals surface area contributed by atoms with Crippen molar-refractivity contribution < 1.29 is 46.5 Å². The molecule has 0 amide bonds. The average molecular weight is 706 g/mol. The molecule has 13 nitrogen and oxygen atoms in total. The number of hydrogen-bond acceptors (Lipinski definition) is 10. The standard InChI is InChI=1S/C29H27ClFN7O4.C2HF3O2/c1-18-14-37(25-6-7-33-29(35-25)42-17-20-2-4-21(30)13-22(20)31)10-9-36(18)15-26-34-23-5-3-19(28(39)40)12-24(23)38(26)16-27-32-8-11-41-27;3-2(4,5)1(6)7/h2-8,11-13,18H,9-10,14-17H2,1H3,(H,39,40);(H,6,7)/t18-;/m0./s1. The first-order valence-corrected chi connectivity index (χ1v) is 15.0. The third-order valence-corrected chi connectivity index (χ3v) is 7.75. The summed E-state index contributed by atoms with van der Waals surface area (Å²) in [6.45, 7) is 5.15. The highest BCUT2D eigenvalue weighted by atomic mass is 35.5. The van der Waals surface area contributed by atoms with E-state index in [-0.39, 0.29) is 24.2 Å². The Morgan fingerprint density at radius 2 is 1.82 bits per heavy atom. The third kappa shape index (κ3) is 8.80. The molecule has 0 spiro atoms. The van der Waals surface area contributed by atoms with E-state index in [1.165, 1.54) is 12.3 Å². The number of halogens is 5. The summed E-state index contributed by atoms with van der Waals surface area (Å²) in [7, 11) is 0. The summed E-state index contributed by atoms with van der Waals surface area (Å²) in [5.74, 6) is -2.18. The topological polar surface area (TPSA) is 160 Å². The molecule has 1 atom stereocenters. The van der Waals surface area contributed by atoms with Gasteiger partial charge >= 0.3 is 24.1 Å². The average Bonchev–Trinajstić information content (AvgIpc) is 3.69. The molecular formula is C31H28ClF4N7O6. The van der Waals surface area contributed by atoms with Gasteiger partial charge in [-0.15, -0.1) is 0 Å². The quantitative estimate of drug-likeness (QED) is 0.192. The molecule has 0 aliphatic carbocycles. The summed E-state index contributed by atoms with van der Waals surface area (Å²) in [6.07, 6.45) is -0.362. The van der Waals surface area contributed by atoms with Gasteiger partial charge in [-0.2, -0.15) is 18.2 Å². The van der Waals surface area contributed by atoms with Crippen molar-refractivity contribution in [3.05, 3.63) is 94.8 Å². The van der Waals surface area contributed by atoms with Crippen LogP contribution in [0.15, 0.2) is 65.5 Å². The Kier molecular flexibility index (Phi) is 10.6. The van der Waals surface area contributed by atoms with Crippen molar-refractivity contribution in [1.82, 2.24) is 29.4 Å². The fraction of sp³-hybridized carbons (Fsp3) is 0.290. The molecule has 2 N–H and O–H groups in total. The van der Waals surface area contributed by atoms with Gasteiger partial charge in [0, 0.05) is 42.5 Å². The number of alkyl halides is 3. The number of oxazole rings is 1. The van der Waals surface area contributed by atoms with Gasteiger partial charge in [-0.3, -0.25) is 4.90 Å². The van der Waals surface area contributed by atoms with Gasteiger partial charge in [0.05, 0.1) is 29.3 Å². The number of ether oxygens (including phenoxy) is 1. The van der Waals surface area contributed by atoms with Gasteiger partial charge in [0.2, 0.25) is 5.89 Å². The maximum absolute atomic E-state index is 14.1. The van der Waals surface area contributed by atoms with Crippen LogP contribution in [0.2, 0.25) is 5.02 Å². The molecule has 6 rings (SSSR count). The van der Waals surface area contributed by atoms with Gasteiger partial charge in [0.1, 0.15) is 36.9 Å². The Morgan fingerprint density at radius 3 is 2.47 bits per heavy atom. The maximum Gasteiger partial charge on any atom is 0.490 e. The number of rotatable bonds is 9. The highest BCUT2D eigenvalue weighted by Crippen LogP contribution is 2.25. The van der Waals surface area contributed by atoms with Crippen LogP contribution in [0.5, 0.6) is 6.01 Å². The van der Waals surface area contributed by atoms with Crippen LogP contribution in [-0.4, -0.2) is 83.4 Å². The van der Waals surface area contributed by atoms with E-state index in [0.29, 0.717) is 53.7 Å². The molecule has 5 aromatic rings. The van der Waals surface area contributed by atoms with Gasteiger partial charge in [0.25, 0.3) is 0 Å². The lowest BCUT2D eigenvalue weighted by atomic mass is 10.2.